The van der Waals surface area contributed by atoms with Crippen LogP contribution < -0.4 is 19.1 Å². The number of carbonyl (C=O) groups is 2. The van der Waals surface area contributed by atoms with Crippen molar-refractivity contribution in [2.45, 2.75) is 29.7 Å². The summed E-state index contributed by atoms with van der Waals surface area (Å²) in [6.45, 7) is 2.36. The molecule has 4 aromatic carbocycles. The van der Waals surface area contributed by atoms with Gasteiger partial charge < -0.3 is 19.3 Å². The third kappa shape index (κ3) is 6.86. The van der Waals surface area contributed by atoms with Crippen LogP contribution in [0.4, 0.5) is 5.13 Å². The lowest BCUT2D eigenvalue weighted by Crippen LogP contribution is -2.29. The van der Waals surface area contributed by atoms with Gasteiger partial charge in [-0.1, -0.05) is 89.3 Å². The predicted molar refractivity (Wildman–Crippen MR) is 182 cm³/mol. The van der Waals surface area contributed by atoms with Gasteiger partial charge in [-0.2, -0.15) is 0 Å². The molecule has 0 radical (unpaired) electrons. The molecule has 1 atom stereocenters. The molecule has 2 heterocycles. The van der Waals surface area contributed by atoms with Crippen LogP contribution >= 0.6 is 23.1 Å². The standard InChI is InChI=1S/C36H31N3O6S2/c1-22-9-11-24(12-10-22)21-46-36-38-37-35(47-36)39-31(30(33(41)34(39)42)32(40)25-13-16-27(43-2)17-14-25)26-15-18-28(29(19-26)44-3)45-20-23-7-5-4-6-8-23/h4-19,31,40H,20-21H2,1-3H3/b32-30-. The molecule has 6 rings (SSSR count). The lowest BCUT2D eigenvalue weighted by molar-refractivity contribution is -0.132. The molecule has 1 fully saturated rings. The van der Waals surface area contributed by atoms with E-state index in [1.165, 1.54) is 47.8 Å². The lowest BCUT2D eigenvalue weighted by Gasteiger charge is -2.23. The second-order valence-electron chi connectivity index (χ2n) is 10.7. The molecule has 1 aliphatic rings. The summed E-state index contributed by atoms with van der Waals surface area (Å²) < 4.78 is 17.6. The Balaban J connectivity index is 1.38. The van der Waals surface area contributed by atoms with E-state index in [1.54, 1.807) is 42.5 Å². The van der Waals surface area contributed by atoms with Crippen LogP contribution in [-0.4, -0.2) is 41.2 Å². The molecule has 0 spiro atoms. The van der Waals surface area contributed by atoms with Crippen molar-refractivity contribution in [1.29, 1.82) is 0 Å². The number of thioether (sulfide) groups is 1. The van der Waals surface area contributed by atoms with E-state index in [2.05, 4.69) is 34.5 Å². The van der Waals surface area contributed by atoms with Crippen LogP contribution in [0.1, 0.15) is 33.9 Å². The quantitative estimate of drug-likeness (QED) is 0.0509. The number of hydrogen-bond donors (Lipinski definition) is 1. The van der Waals surface area contributed by atoms with Gasteiger partial charge in [-0.3, -0.25) is 14.5 Å². The van der Waals surface area contributed by atoms with Gasteiger partial charge in [0.15, 0.2) is 15.8 Å². The van der Waals surface area contributed by atoms with Gasteiger partial charge in [0.2, 0.25) is 5.13 Å². The first kappa shape index (κ1) is 31.8. The molecule has 0 bridgehead atoms. The number of aromatic nitrogens is 2. The second-order valence-corrected chi connectivity index (χ2v) is 12.9. The molecular weight excluding hydrogens is 635 g/mol. The minimum absolute atomic E-state index is 0.0794. The SMILES string of the molecule is COc1ccc(/C(O)=C2/C(=O)C(=O)N(c3nnc(SCc4ccc(C)cc4)s3)C2c2ccc(OCc3ccccc3)c(OC)c2)cc1. The summed E-state index contributed by atoms with van der Waals surface area (Å²) in [6.07, 6.45) is 0. The topological polar surface area (TPSA) is 111 Å². The monoisotopic (exact) mass is 665 g/mol. The second kappa shape index (κ2) is 14.1. The van der Waals surface area contributed by atoms with Gasteiger partial charge in [0.1, 0.15) is 18.1 Å². The number of amides is 1. The molecule has 0 saturated carbocycles. The maximum absolute atomic E-state index is 13.7. The van der Waals surface area contributed by atoms with Crippen molar-refractivity contribution in [1.82, 2.24) is 10.2 Å². The highest BCUT2D eigenvalue weighted by molar-refractivity contribution is 8.00. The Morgan fingerprint density at radius 1 is 0.872 bits per heavy atom. The van der Waals surface area contributed by atoms with Gasteiger partial charge >= 0.3 is 5.91 Å². The molecule has 5 aromatic rings. The summed E-state index contributed by atoms with van der Waals surface area (Å²) in [7, 11) is 3.06. The Morgan fingerprint density at radius 2 is 1.62 bits per heavy atom. The van der Waals surface area contributed by atoms with Crippen molar-refractivity contribution in [3.8, 4) is 17.2 Å². The van der Waals surface area contributed by atoms with E-state index in [0.29, 0.717) is 45.1 Å². The first-order valence-corrected chi connectivity index (χ1v) is 16.5. The van der Waals surface area contributed by atoms with Crippen LogP contribution in [0.15, 0.2) is 107 Å². The third-order valence-electron chi connectivity index (χ3n) is 7.63. The number of rotatable bonds is 11. The van der Waals surface area contributed by atoms with Crippen LogP contribution in [0, 0.1) is 6.92 Å². The van der Waals surface area contributed by atoms with E-state index in [-0.39, 0.29) is 16.5 Å². The number of nitrogens with zero attached hydrogens (tertiary/aromatic N) is 3. The molecule has 1 saturated heterocycles. The fraction of sp³-hybridized carbons (Fsp3) is 0.167. The fourth-order valence-corrected chi connectivity index (χ4v) is 6.97. The first-order valence-electron chi connectivity index (χ1n) is 14.7. The van der Waals surface area contributed by atoms with Crippen LogP contribution in [-0.2, 0) is 21.9 Å². The predicted octanol–water partition coefficient (Wildman–Crippen LogP) is 7.36. The van der Waals surface area contributed by atoms with Gasteiger partial charge in [-0.05, 0) is 60.0 Å². The van der Waals surface area contributed by atoms with E-state index in [9.17, 15) is 14.7 Å². The lowest BCUT2D eigenvalue weighted by atomic mass is 9.95. The highest BCUT2D eigenvalue weighted by Gasteiger charge is 2.48. The van der Waals surface area contributed by atoms with Crippen molar-refractivity contribution in [2.24, 2.45) is 0 Å². The van der Waals surface area contributed by atoms with E-state index >= 15 is 0 Å². The summed E-state index contributed by atoms with van der Waals surface area (Å²) in [6, 6.07) is 28.7. The number of aliphatic hydroxyl groups is 1. The van der Waals surface area contributed by atoms with Gasteiger partial charge in [0.25, 0.3) is 5.78 Å². The van der Waals surface area contributed by atoms with Crippen LogP contribution in [0.3, 0.4) is 0 Å². The van der Waals surface area contributed by atoms with E-state index in [1.807, 2.05) is 37.3 Å². The number of aryl methyl sites for hydroxylation is 1. The van der Waals surface area contributed by atoms with Crippen molar-refractivity contribution in [2.75, 3.05) is 19.1 Å². The number of carbonyl (C=O) groups excluding carboxylic acids is 2. The number of ketones is 1. The van der Waals surface area contributed by atoms with Gasteiger partial charge in [0.05, 0.1) is 25.8 Å². The molecular formula is C36H31N3O6S2. The molecule has 0 aliphatic carbocycles. The zero-order valence-corrected chi connectivity index (χ0v) is 27.5. The molecule has 1 aliphatic heterocycles. The highest BCUT2D eigenvalue weighted by atomic mass is 32.2. The largest absolute Gasteiger partial charge is 0.507 e. The Kier molecular flexibility index (Phi) is 9.55. The Hall–Kier alpha value is -5.13. The number of methoxy groups -OCH3 is 2. The van der Waals surface area contributed by atoms with Crippen LogP contribution in [0.5, 0.6) is 17.2 Å². The highest BCUT2D eigenvalue weighted by Crippen LogP contribution is 2.45. The zero-order chi connectivity index (χ0) is 32.9. The minimum atomic E-state index is -1.02. The number of ether oxygens (including phenoxy) is 3. The molecule has 9 nitrogen and oxygen atoms in total. The van der Waals surface area contributed by atoms with E-state index < -0.39 is 17.7 Å². The average molecular weight is 666 g/mol. The molecule has 47 heavy (non-hydrogen) atoms. The minimum Gasteiger partial charge on any atom is -0.507 e. The molecule has 238 valence electrons. The Morgan fingerprint density at radius 3 is 2.32 bits per heavy atom. The number of Topliss-reactive ketones (excluding diaryl/α,β-unsaturated/α-hetero) is 1. The maximum atomic E-state index is 13.7. The number of anilines is 1. The third-order valence-corrected chi connectivity index (χ3v) is 9.76. The van der Waals surface area contributed by atoms with Crippen LogP contribution in [0.2, 0.25) is 0 Å². The van der Waals surface area contributed by atoms with Crippen molar-refractivity contribution in [3.05, 3.63) is 130 Å². The Labute approximate surface area is 280 Å². The molecule has 11 heteroatoms. The normalized spacial score (nSPS) is 15.6. The summed E-state index contributed by atoms with van der Waals surface area (Å²) in [5, 5.41) is 20.4. The van der Waals surface area contributed by atoms with Crippen molar-refractivity contribution in [3.63, 3.8) is 0 Å². The summed E-state index contributed by atoms with van der Waals surface area (Å²) in [5.41, 5.74) is 4.08. The van der Waals surface area contributed by atoms with Gasteiger partial charge in [-0.25, -0.2) is 0 Å². The smallest absolute Gasteiger partial charge is 0.301 e. The van der Waals surface area contributed by atoms with E-state index in [4.69, 9.17) is 14.2 Å². The van der Waals surface area contributed by atoms with Gasteiger partial charge in [0, 0.05) is 11.3 Å². The van der Waals surface area contributed by atoms with Crippen molar-refractivity contribution >= 4 is 45.7 Å². The van der Waals surface area contributed by atoms with E-state index in [0.717, 1.165) is 11.1 Å². The maximum Gasteiger partial charge on any atom is 0.301 e. The summed E-state index contributed by atoms with van der Waals surface area (Å²) in [4.78, 5) is 28.7. The molecule has 1 unspecified atom stereocenters. The molecule has 1 amide bonds. The van der Waals surface area contributed by atoms with Gasteiger partial charge in [-0.15, -0.1) is 10.2 Å². The summed E-state index contributed by atoms with van der Waals surface area (Å²) >= 11 is 2.70. The van der Waals surface area contributed by atoms with Crippen molar-refractivity contribution < 1.29 is 28.9 Å². The van der Waals surface area contributed by atoms with Crippen LogP contribution in [0.25, 0.3) is 5.76 Å². The summed E-state index contributed by atoms with van der Waals surface area (Å²) in [5.74, 6) is 0.156. The Bertz CT molecular complexity index is 1920. The zero-order valence-electron chi connectivity index (χ0n) is 25.9. The first-order chi connectivity index (χ1) is 22.9. The average Bonchev–Trinajstić information content (AvgIpc) is 3.68. The number of aliphatic hydroxyl groups excluding tert-OH is 1. The number of benzene rings is 4. The number of hydrogen-bond acceptors (Lipinski definition) is 10. The molecule has 1 N–H and O–H groups in total. The molecule has 1 aromatic heterocycles. The fourth-order valence-electron chi connectivity index (χ4n) is 5.15.